The summed E-state index contributed by atoms with van der Waals surface area (Å²) in [6.07, 6.45) is 2.71. The first-order valence-electron chi connectivity index (χ1n) is 6.02. The van der Waals surface area contributed by atoms with E-state index in [1.165, 1.54) is 17.8 Å². The number of anilines is 1. The average Bonchev–Trinajstić information content (AvgIpc) is 2.41. The van der Waals surface area contributed by atoms with Gasteiger partial charge in [-0.3, -0.25) is 0 Å². The third-order valence-corrected chi connectivity index (χ3v) is 3.39. The first kappa shape index (κ1) is 13.8. The van der Waals surface area contributed by atoms with E-state index >= 15 is 0 Å². The third kappa shape index (κ3) is 3.92. The van der Waals surface area contributed by atoms with Gasteiger partial charge >= 0.3 is 0 Å². The minimum atomic E-state index is -0.830. The average molecular weight is 280 g/mol. The zero-order valence-corrected chi connectivity index (χ0v) is 11.3. The van der Waals surface area contributed by atoms with Gasteiger partial charge in [0.15, 0.2) is 11.6 Å². The number of nitrogens with zero attached hydrogens (tertiary/aromatic N) is 1. The fourth-order valence-electron chi connectivity index (χ4n) is 1.50. The standard InChI is InChI=1S/C14H14F2N2S/c1-2-6-17-14-9-11(5-7-18-14)19-10-3-4-12(15)13(16)8-10/h3-5,7-9H,2,6H2,1H3,(H,17,18). The van der Waals surface area contributed by atoms with E-state index in [4.69, 9.17) is 0 Å². The molecule has 2 rings (SSSR count). The molecule has 0 unspecified atom stereocenters. The summed E-state index contributed by atoms with van der Waals surface area (Å²) in [7, 11) is 0. The summed E-state index contributed by atoms with van der Waals surface area (Å²) in [5, 5.41) is 3.18. The lowest BCUT2D eigenvalue weighted by molar-refractivity contribution is 0.506. The Labute approximate surface area is 115 Å². The number of pyridine rings is 1. The molecule has 0 saturated carbocycles. The topological polar surface area (TPSA) is 24.9 Å². The number of nitrogens with one attached hydrogen (secondary N) is 1. The summed E-state index contributed by atoms with van der Waals surface area (Å²) < 4.78 is 26.0. The molecule has 1 aromatic heterocycles. The summed E-state index contributed by atoms with van der Waals surface area (Å²) >= 11 is 1.37. The lowest BCUT2D eigenvalue weighted by atomic mass is 10.3. The number of hydrogen-bond donors (Lipinski definition) is 1. The number of rotatable bonds is 5. The zero-order valence-electron chi connectivity index (χ0n) is 10.5. The SMILES string of the molecule is CCCNc1cc(Sc2ccc(F)c(F)c2)ccn1. The quantitative estimate of drug-likeness (QED) is 0.882. The molecule has 2 aromatic rings. The van der Waals surface area contributed by atoms with Crippen molar-refractivity contribution in [3.63, 3.8) is 0 Å². The lowest BCUT2D eigenvalue weighted by Crippen LogP contribution is -2.01. The smallest absolute Gasteiger partial charge is 0.159 e. The second-order valence-electron chi connectivity index (χ2n) is 3.98. The molecule has 0 radical (unpaired) electrons. The van der Waals surface area contributed by atoms with Crippen LogP contribution in [-0.4, -0.2) is 11.5 Å². The maximum absolute atomic E-state index is 13.1. The van der Waals surface area contributed by atoms with Gasteiger partial charge in [-0.2, -0.15) is 0 Å². The van der Waals surface area contributed by atoms with Crippen LogP contribution in [0, 0.1) is 11.6 Å². The van der Waals surface area contributed by atoms with Crippen molar-refractivity contribution >= 4 is 17.6 Å². The van der Waals surface area contributed by atoms with Gasteiger partial charge in [0.05, 0.1) is 0 Å². The van der Waals surface area contributed by atoms with Gasteiger partial charge in [-0.25, -0.2) is 13.8 Å². The molecule has 0 bridgehead atoms. The van der Waals surface area contributed by atoms with Crippen molar-refractivity contribution in [3.05, 3.63) is 48.2 Å². The van der Waals surface area contributed by atoms with E-state index in [9.17, 15) is 8.78 Å². The Morgan fingerprint density at radius 3 is 2.63 bits per heavy atom. The molecule has 0 spiro atoms. The summed E-state index contributed by atoms with van der Waals surface area (Å²) in [6, 6.07) is 7.61. The second-order valence-corrected chi connectivity index (χ2v) is 5.13. The summed E-state index contributed by atoms with van der Waals surface area (Å²) in [6.45, 7) is 2.93. The van der Waals surface area contributed by atoms with E-state index in [2.05, 4.69) is 17.2 Å². The van der Waals surface area contributed by atoms with E-state index in [0.29, 0.717) is 4.90 Å². The predicted octanol–water partition coefficient (Wildman–Crippen LogP) is 4.33. The highest BCUT2D eigenvalue weighted by Gasteiger charge is 2.04. The number of benzene rings is 1. The maximum atomic E-state index is 13.1. The van der Waals surface area contributed by atoms with Crippen LogP contribution >= 0.6 is 11.8 Å². The van der Waals surface area contributed by atoms with E-state index in [0.717, 1.165) is 29.7 Å². The van der Waals surface area contributed by atoms with Gasteiger partial charge in [-0.05, 0) is 36.8 Å². The highest BCUT2D eigenvalue weighted by atomic mass is 32.2. The van der Waals surface area contributed by atoms with Crippen molar-refractivity contribution < 1.29 is 8.78 Å². The highest BCUT2D eigenvalue weighted by molar-refractivity contribution is 7.99. The second kappa shape index (κ2) is 6.52. The molecule has 0 atom stereocenters. The van der Waals surface area contributed by atoms with Crippen molar-refractivity contribution in [1.82, 2.24) is 4.98 Å². The van der Waals surface area contributed by atoms with Gasteiger partial charge in [-0.1, -0.05) is 18.7 Å². The molecule has 1 heterocycles. The Hall–Kier alpha value is -1.62. The number of hydrogen-bond acceptors (Lipinski definition) is 3. The molecule has 5 heteroatoms. The molecule has 0 fully saturated rings. The Morgan fingerprint density at radius 2 is 1.89 bits per heavy atom. The van der Waals surface area contributed by atoms with Gasteiger partial charge in [0.25, 0.3) is 0 Å². The van der Waals surface area contributed by atoms with Crippen molar-refractivity contribution in [2.24, 2.45) is 0 Å². The van der Waals surface area contributed by atoms with Gasteiger partial charge < -0.3 is 5.32 Å². The van der Waals surface area contributed by atoms with Gasteiger partial charge in [0.1, 0.15) is 5.82 Å². The molecule has 2 nitrogen and oxygen atoms in total. The Morgan fingerprint density at radius 1 is 1.11 bits per heavy atom. The van der Waals surface area contributed by atoms with Crippen molar-refractivity contribution in [3.8, 4) is 0 Å². The molecule has 0 amide bonds. The van der Waals surface area contributed by atoms with Crippen LogP contribution in [0.4, 0.5) is 14.6 Å². The van der Waals surface area contributed by atoms with Crippen LogP contribution in [0.25, 0.3) is 0 Å². The van der Waals surface area contributed by atoms with Crippen LogP contribution in [0.15, 0.2) is 46.3 Å². The van der Waals surface area contributed by atoms with Crippen LogP contribution in [0.1, 0.15) is 13.3 Å². The largest absolute Gasteiger partial charge is 0.370 e. The molecule has 0 aliphatic rings. The first-order chi connectivity index (χ1) is 9.19. The summed E-state index contributed by atoms with van der Waals surface area (Å²) in [5.74, 6) is -0.873. The summed E-state index contributed by atoms with van der Waals surface area (Å²) in [5.41, 5.74) is 0. The van der Waals surface area contributed by atoms with Crippen LogP contribution in [0.2, 0.25) is 0 Å². The van der Waals surface area contributed by atoms with Crippen molar-refractivity contribution in [2.45, 2.75) is 23.1 Å². The molecule has 100 valence electrons. The maximum Gasteiger partial charge on any atom is 0.159 e. The molecule has 1 aromatic carbocycles. The monoisotopic (exact) mass is 280 g/mol. The zero-order chi connectivity index (χ0) is 13.7. The van der Waals surface area contributed by atoms with Gasteiger partial charge in [0.2, 0.25) is 0 Å². The number of aromatic nitrogens is 1. The predicted molar refractivity (Wildman–Crippen MR) is 73.5 cm³/mol. The van der Waals surface area contributed by atoms with E-state index < -0.39 is 11.6 Å². The van der Waals surface area contributed by atoms with Crippen LogP contribution in [0.5, 0.6) is 0 Å². The van der Waals surface area contributed by atoms with Gasteiger partial charge in [-0.15, -0.1) is 0 Å². The van der Waals surface area contributed by atoms with E-state index in [1.807, 2.05) is 12.1 Å². The van der Waals surface area contributed by atoms with Crippen LogP contribution < -0.4 is 5.32 Å². The van der Waals surface area contributed by atoms with Gasteiger partial charge in [0, 0.05) is 22.5 Å². The molecule has 19 heavy (non-hydrogen) atoms. The summed E-state index contributed by atoms with van der Waals surface area (Å²) in [4.78, 5) is 5.78. The third-order valence-electron chi connectivity index (χ3n) is 2.41. The fourth-order valence-corrected chi connectivity index (χ4v) is 2.37. The molecular weight excluding hydrogens is 266 g/mol. The Bertz CT molecular complexity index is 561. The molecular formula is C14H14F2N2S. The minimum absolute atomic E-state index is 0.659. The lowest BCUT2D eigenvalue weighted by Gasteiger charge is -2.06. The van der Waals surface area contributed by atoms with Crippen molar-refractivity contribution in [2.75, 3.05) is 11.9 Å². The normalized spacial score (nSPS) is 10.5. The first-order valence-corrected chi connectivity index (χ1v) is 6.83. The number of halogens is 2. The molecule has 0 saturated heterocycles. The van der Waals surface area contributed by atoms with E-state index in [-0.39, 0.29) is 0 Å². The van der Waals surface area contributed by atoms with Crippen LogP contribution in [-0.2, 0) is 0 Å². The minimum Gasteiger partial charge on any atom is -0.370 e. The fraction of sp³-hybridized carbons (Fsp3) is 0.214. The molecule has 0 aliphatic carbocycles. The van der Waals surface area contributed by atoms with Crippen LogP contribution in [0.3, 0.4) is 0 Å². The Kier molecular flexibility index (Phi) is 4.74. The van der Waals surface area contributed by atoms with Crippen molar-refractivity contribution in [1.29, 1.82) is 0 Å². The Balaban J connectivity index is 2.11. The molecule has 1 N–H and O–H groups in total. The van der Waals surface area contributed by atoms with E-state index in [1.54, 1.807) is 12.3 Å². The molecule has 0 aliphatic heterocycles. The highest BCUT2D eigenvalue weighted by Crippen LogP contribution is 2.29.